The van der Waals surface area contributed by atoms with Crippen molar-refractivity contribution in [3.05, 3.63) is 59.4 Å². The van der Waals surface area contributed by atoms with Crippen LogP contribution >= 0.6 is 0 Å². The van der Waals surface area contributed by atoms with Crippen molar-refractivity contribution in [2.75, 3.05) is 24.4 Å². The highest BCUT2D eigenvalue weighted by Crippen LogP contribution is 2.47. The van der Waals surface area contributed by atoms with Gasteiger partial charge in [-0.2, -0.15) is 0 Å². The maximum Gasteiger partial charge on any atom is 0.264 e. The molecular formula is C19H21ClFN2O2S-. The van der Waals surface area contributed by atoms with E-state index in [0.717, 1.165) is 36.3 Å². The van der Waals surface area contributed by atoms with E-state index in [-0.39, 0.29) is 29.3 Å². The van der Waals surface area contributed by atoms with Crippen LogP contribution in [0.2, 0.25) is 0 Å². The van der Waals surface area contributed by atoms with E-state index < -0.39 is 15.8 Å². The molecule has 0 aliphatic carbocycles. The fraction of sp³-hybridized carbons (Fsp3) is 0.368. The molecule has 2 aliphatic heterocycles. The molecule has 2 unspecified atom stereocenters. The molecule has 2 aromatic carbocycles. The van der Waals surface area contributed by atoms with Gasteiger partial charge in [-0.3, -0.25) is 4.31 Å². The fourth-order valence-corrected chi connectivity index (χ4v) is 5.81. The number of likely N-dealkylation sites (N-methyl/N-ethyl adjacent to an activating group) is 1. The molecule has 7 heteroatoms. The molecule has 2 atom stereocenters. The highest BCUT2D eigenvalue weighted by Gasteiger charge is 2.46. The summed E-state index contributed by atoms with van der Waals surface area (Å²) in [6, 6.07) is 11.0. The Morgan fingerprint density at radius 1 is 1.12 bits per heavy atom. The van der Waals surface area contributed by atoms with Crippen molar-refractivity contribution < 1.29 is 25.2 Å². The Morgan fingerprint density at radius 3 is 2.50 bits per heavy atom. The Kier molecular flexibility index (Phi) is 5.03. The first-order valence-corrected chi connectivity index (χ1v) is 9.91. The molecule has 0 N–H and O–H groups in total. The lowest BCUT2D eigenvalue weighted by Crippen LogP contribution is -3.00. The third-order valence-corrected chi connectivity index (χ3v) is 7.12. The minimum absolute atomic E-state index is 0. The number of hydrogen-bond donors (Lipinski definition) is 0. The van der Waals surface area contributed by atoms with Crippen molar-refractivity contribution in [3.63, 3.8) is 0 Å². The second-order valence-electron chi connectivity index (χ2n) is 7.04. The average Bonchev–Trinajstić information content (AvgIpc) is 2.89. The molecule has 26 heavy (non-hydrogen) atoms. The summed E-state index contributed by atoms with van der Waals surface area (Å²) in [5, 5.41) is 0. The molecule has 0 saturated carbocycles. The predicted octanol–water partition coefficient (Wildman–Crippen LogP) is 0.135. The van der Waals surface area contributed by atoms with Crippen molar-refractivity contribution in [2.24, 2.45) is 0 Å². The van der Waals surface area contributed by atoms with Crippen LogP contribution in [0.4, 0.5) is 10.1 Å². The minimum atomic E-state index is -3.72. The number of likely N-dealkylation sites (tertiary alicyclic amines) is 1. The Balaban J connectivity index is 0.00000196. The number of anilines is 1. The van der Waals surface area contributed by atoms with Crippen molar-refractivity contribution in [1.82, 2.24) is 4.90 Å². The fourth-order valence-electron chi connectivity index (χ4n) is 4.07. The Bertz CT molecular complexity index is 918. The summed E-state index contributed by atoms with van der Waals surface area (Å²) in [5.74, 6) is -0.266. The zero-order valence-electron chi connectivity index (χ0n) is 14.7. The van der Waals surface area contributed by atoms with E-state index in [1.807, 2.05) is 19.1 Å². The quantitative estimate of drug-likeness (QED) is 0.726. The molecule has 0 aromatic heterocycles. The second-order valence-corrected chi connectivity index (χ2v) is 8.86. The Hall–Kier alpha value is -1.63. The highest BCUT2D eigenvalue weighted by atomic mass is 35.5. The zero-order valence-corrected chi connectivity index (χ0v) is 16.3. The molecular weight excluding hydrogens is 375 g/mol. The molecule has 0 spiro atoms. The van der Waals surface area contributed by atoms with Crippen LogP contribution in [0.3, 0.4) is 0 Å². The summed E-state index contributed by atoms with van der Waals surface area (Å²) >= 11 is 0. The molecule has 2 heterocycles. The lowest BCUT2D eigenvalue weighted by atomic mass is 9.89. The van der Waals surface area contributed by atoms with Crippen molar-refractivity contribution >= 4 is 15.7 Å². The van der Waals surface area contributed by atoms with E-state index in [9.17, 15) is 12.8 Å². The van der Waals surface area contributed by atoms with Crippen LogP contribution in [-0.4, -0.2) is 39.5 Å². The van der Waals surface area contributed by atoms with E-state index in [1.54, 1.807) is 4.31 Å². The monoisotopic (exact) mass is 395 g/mol. The van der Waals surface area contributed by atoms with E-state index >= 15 is 0 Å². The van der Waals surface area contributed by atoms with Crippen LogP contribution in [0.5, 0.6) is 0 Å². The van der Waals surface area contributed by atoms with E-state index in [0.29, 0.717) is 0 Å². The highest BCUT2D eigenvalue weighted by molar-refractivity contribution is 7.92. The number of piperidine rings is 1. The van der Waals surface area contributed by atoms with Gasteiger partial charge in [-0.1, -0.05) is 17.7 Å². The van der Waals surface area contributed by atoms with Crippen LogP contribution in [0.1, 0.15) is 23.5 Å². The summed E-state index contributed by atoms with van der Waals surface area (Å²) < 4.78 is 41.4. The van der Waals surface area contributed by atoms with Gasteiger partial charge >= 0.3 is 0 Å². The number of sulfonamides is 1. The average molecular weight is 396 g/mol. The first-order chi connectivity index (χ1) is 11.9. The lowest BCUT2D eigenvalue weighted by molar-refractivity contribution is -0.00000811. The van der Waals surface area contributed by atoms with Crippen LogP contribution in [-0.2, 0) is 10.0 Å². The summed E-state index contributed by atoms with van der Waals surface area (Å²) in [4.78, 5) is 2.39. The van der Waals surface area contributed by atoms with Crippen LogP contribution in [0, 0.1) is 12.7 Å². The van der Waals surface area contributed by atoms with Crippen LogP contribution < -0.4 is 16.7 Å². The third kappa shape index (κ3) is 3.00. The second kappa shape index (κ2) is 6.83. The number of hydrogen-bond acceptors (Lipinski definition) is 3. The summed E-state index contributed by atoms with van der Waals surface area (Å²) in [7, 11) is -1.65. The molecule has 0 amide bonds. The van der Waals surface area contributed by atoms with Gasteiger partial charge in [0.25, 0.3) is 10.0 Å². The molecule has 4 rings (SSSR count). The van der Waals surface area contributed by atoms with Gasteiger partial charge < -0.3 is 17.3 Å². The summed E-state index contributed by atoms with van der Waals surface area (Å²) in [6.45, 7) is 3.74. The Morgan fingerprint density at radius 2 is 1.81 bits per heavy atom. The standard InChI is InChI=1S/C19H21FN2O2S.ClH/c1-13-3-8-18-16(11-13)17-12-21(2)10-9-19(17)22(18)25(23,24)15-6-4-14(20)5-7-15;/h3-8,11,17,19H,9-10,12H2,1-2H3;1H/p-1. The van der Waals surface area contributed by atoms with Crippen LogP contribution in [0.25, 0.3) is 0 Å². The van der Waals surface area contributed by atoms with Crippen molar-refractivity contribution in [3.8, 4) is 0 Å². The number of fused-ring (bicyclic) bond motifs is 3. The smallest absolute Gasteiger partial charge is 0.264 e. The first kappa shape index (κ1) is 19.1. The number of rotatable bonds is 2. The van der Waals surface area contributed by atoms with Gasteiger partial charge in [-0.15, -0.1) is 0 Å². The summed E-state index contributed by atoms with van der Waals surface area (Å²) in [5.41, 5.74) is 2.99. The number of halogens is 2. The van der Waals surface area contributed by atoms with Gasteiger partial charge in [0.05, 0.1) is 16.6 Å². The maximum absolute atomic E-state index is 13.3. The molecule has 2 aromatic rings. The van der Waals surface area contributed by atoms with Gasteiger partial charge in [0.2, 0.25) is 0 Å². The van der Waals surface area contributed by atoms with Crippen molar-refractivity contribution in [2.45, 2.75) is 30.2 Å². The number of nitrogens with zero attached hydrogens (tertiary/aromatic N) is 2. The van der Waals surface area contributed by atoms with E-state index in [4.69, 9.17) is 0 Å². The third-order valence-electron chi connectivity index (χ3n) is 5.27. The Labute approximate surface area is 160 Å². The van der Waals surface area contributed by atoms with Gasteiger partial charge in [0.15, 0.2) is 0 Å². The van der Waals surface area contributed by atoms with Gasteiger partial charge in [0.1, 0.15) is 5.82 Å². The molecule has 1 saturated heterocycles. The predicted molar refractivity (Wildman–Crippen MR) is 95.9 cm³/mol. The number of benzene rings is 2. The molecule has 2 aliphatic rings. The SMILES string of the molecule is Cc1ccc2c(c1)C1CN(C)CCC1N2S(=O)(=O)c1ccc(F)cc1.[Cl-]. The van der Waals surface area contributed by atoms with Crippen LogP contribution in [0.15, 0.2) is 47.4 Å². The van der Waals surface area contributed by atoms with Gasteiger partial charge in [-0.25, -0.2) is 12.8 Å². The topological polar surface area (TPSA) is 40.6 Å². The van der Waals surface area contributed by atoms with Gasteiger partial charge in [-0.05, 0) is 62.8 Å². The van der Waals surface area contributed by atoms with E-state index in [1.165, 1.54) is 24.3 Å². The zero-order chi connectivity index (χ0) is 17.8. The molecule has 4 nitrogen and oxygen atoms in total. The first-order valence-electron chi connectivity index (χ1n) is 8.47. The molecule has 140 valence electrons. The molecule has 0 radical (unpaired) electrons. The number of aryl methyl sites for hydroxylation is 1. The lowest BCUT2D eigenvalue weighted by Gasteiger charge is -2.36. The summed E-state index contributed by atoms with van der Waals surface area (Å²) in [6.07, 6.45) is 0.787. The van der Waals surface area contributed by atoms with E-state index in [2.05, 4.69) is 18.0 Å². The van der Waals surface area contributed by atoms with Gasteiger partial charge in [0, 0.05) is 12.5 Å². The molecule has 0 bridgehead atoms. The largest absolute Gasteiger partial charge is 1.00 e. The minimum Gasteiger partial charge on any atom is -1.00 e. The normalized spacial score (nSPS) is 22.5. The molecule has 1 fully saturated rings. The maximum atomic E-state index is 13.3. The van der Waals surface area contributed by atoms with Crippen molar-refractivity contribution in [1.29, 1.82) is 0 Å².